The van der Waals surface area contributed by atoms with Crippen molar-refractivity contribution in [2.75, 3.05) is 6.54 Å². The van der Waals surface area contributed by atoms with E-state index in [-0.39, 0.29) is 12.2 Å². The van der Waals surface area contributed by atoms with Crippen LogP contribution in [0.1, 0.15) is 32.7 Å². The smallest absolute Gasteiger partial charge is 0.352 e. The number of aromatic nitrogens is 2. The second-order valence-corrected chi connectivity index (χ2v) is 6.72. The lowest BCUT2D eigenvalue weighted by molar-refractivity contribution is -0.143. The number of nitrogens with zero attached hydrogens (tertiary/aromatic N) is 2. The quantitative estimate of drug-likeness (QED) is 0.630. The maximum atomic E-state index is 13.6. The van der Waals surface area contributed by atoms with E-state index < -0.39 is 29.2 Å². The van der Waals surface area contributed by atoms with Crippen molar-refractivity contribution in [3.8, 4) is 5.69 Å². The molecular weight excluding hydrogens is 386 g/mol. The molecule has 29 heavy (non-hydrogen) atoms. The maximum absolute atomic E-state index is 13.6. The summed E-state index contributed by atoms with van der Waals surface area (Å²) >= 11 is 0. The minimum Gasteiger partial charge on any atom is -0.352 e. The van der Waals surface area contributed by atoms with Gasteiger partial charge in [0.15, 0.2) is 5.69 Å². The topological polar surface area (TPSA) is 46.9 Å². The molecule has 0 radical (unpaired) electrons. The van der Waals surface area contributed by atoms with Crippen LogP contribution in [0.2, 0.25) is 0 Å². The Morgan fingerprint density at radius 3 is 2.38 bits per heavy atom. The van der Waals surface area contributed by atoms with Crippen LogP contribution in [-0.4, -0.2) is 22.2 Å². The predicted octanol–water partition coefficient (Wildman–Crippen LogP) is 4.62. The third-order valence-electron chi connectivity index (χ3n) is 4.62. The lowest BCUT2D eigenvalue weighted by Crippen LogP contribution is -2.28. The fraction of sp³-hybridized carbons (Fsp3) is 0.238. The molecule has 0 saturated carbocycles. The molecule has 1 amide bonds. The van der Waals surface area contributed by atoms with Crippen molar-refractivity contribution in [2.45, 2.75) is 26.4 Å². The Labute approximate surface area is 165 Å². The highest BCUT2D eigenvalue weighted by Gasteiger charge is 2.40. The Kier molecular flexibility index (Phi) is 5.72. The minimum absolute atomic E-state index is 0.00732. The number of rotatable bonds is 5. The van der Waals surface area contributed by atoms with Gasteiger partial charge < -0.3 is 5.32 Å². The van der Waals surface area contributed by atoms with E-state index in [0.717, 1.165) is 35.0 Å². The standard InChI is InChI=1S/C21H19F4N3O/c1-13-3-4-15(11-14(13)2)9-10-26-20(29)18-12-27-28(19(18)21(23,24)25)17-7-5-16(22)6-8-17/h3-8,11-12H,9-10H2,1-2H3,(H,26,29). The van der Waals surface area contributed by atoms with Gasteiger partial charge >= 0.3 is 6.18 Å². The van der Waals surface area contributed by atoms with Gasteiger partial charge in [-0.15, -0.1) is 0 Å². The fourth-order valence-electron chi connectivity index (χ4n) is 2.94. The number of benzene rings is 2. The van der Waals surface area contributed by atoms with Crippen LogP contribution in [0.15, 0.2) is 48.7 Å². The average molecular weight is 405 g/mol. The van der Waals surface area contributed by atoms with Crippen LogP contribution in [0, 0.1) is 19.7 Å². The van der Waals surface area contributed by atoms with Crippen LogP contribution in [0.3, 0.4) is 0 Å². The maximum Gasteiger partial charge on any atom is 0.434 e. The number of nitrogens with one attached hydrogen (secondary N) is 1. The monoisotopic (exact) mass is 405 g/mol. The molecule has 2 aromatic carbocycles. The number of aryl methyl sites for hydroxylation is 2. The normalized spacial score (nSPS) is 11.5. The van der Waals surface area contributed by atoms with E-state index in [1.54, 1.807) is 0 Å². The highest BCUT2D eigenvalue weighted by atomic mass is 19.4. The first-order valence-corrected chi connectivity index (χ1v) is 8.92. The van der Waals surface area contributed by atoms with Gasteiger partial charge in [0.1, 0.15) is 5.82 Å². The molecule has 0 aliphatic carbocycles. The van der Waals surface area contributed by atoms with Gasteiger partial charge in [-0.25, -0.2) is 9.07 Å². The SMILES string of the molecule is Cc1ccc(CCNC(=O)c2cnn(-c3ccc(F)cc3)c2C(F)(F)F)cc1C. The van der Waals surface area contributed by atoms with E-state index in [9.17, 15) is 22.4 Å². The molecule has 1 heterocycles. The zero-order chi connectivity index (χ0) is 21.2. The fourth-order valence-corrected chi connectivity index (χ4v) is 2.94. The Balaban J connectivity index is 1.79. The molecule has 1 aromatic heterocycles. The molecule has 1 N–H and O–H groups in total. The van der Waals surface area contributed by atoms with Crippen LogP contribution in [0.5, 0.6) is 0 Å². The summed E-state index contributed by atoms with van der Waals surface area (Å²) < 4.78 is 54.5. The molecule has 3 rings (SSSR count). The summed E-state index contributed by atoms with van der Waals surface area (Å²) in [6, 6.07) is 10.2. The largest absolute Gasteiger partial charge is 0.434 e. The summed E-state index contributed by atoms with van der Waals surface area (Å²) in [5.41, 5.74) is 1.45. The van der Waals surface area contributed by atoms with Gasteiger partial charge in [0, 0.05) is 6.54 Å². The van der Waals surface area contributed by atoms with Crippen LogP contribution >= 0.6 is 0 Å². The summed E-state index contributed by atoms with van der Waals surface area (Å²) in [6.07, 6.45) is -3.45. The highest BCUT2D eigenvalue weighted by molar-refractivity contribution is 5.95. The average Bonchev–Trinajstić information content (AvgIpc) is 3.11. The second kappa shape index (κ2) is 8.06. The van der Waals surface area contributed by atoms with Crippen molar-refractivity contribution in [1.29, 1.82) is 0 Å². The molecule has 8 heteroatoms. The highest BCUT2D eigenvalue weighted by Crippen LogP contribution is 2.33. The van der Waals surface area contributed by atoms with Crippen LogP contribution in [0.4, 0.5) is 17.6 Å². The number of hydrogen-bond acceptors (Lipinski definition) is 2. The molecule has 0 unspecified atom stereocenters. The first-order valence-electron chi connectivity index (χ1n) is 8.92. The van der Waals surface area contributed by atoms with E-state index in [4.69, 9.17) is 0 Å². The van der Waals surface area contributed by atoms with Gasteiger partial charge in [0.05, 0.1) is 17.4 Å². The van der Waals surface area contributed by atoms with Crippen molar-refractivity contribution in [3.63, 3.8) is 0 Å². The summed E-state index contributed by atoms with van der Waals surface area (Å²) in [5.74, 6) is -1.45. The molecule has 152 valence electrons. The molecule has 0 bridgehead atoms. The molecular formula is C21H19F4N3O. The molecule has 0 spiro atoms. The van der Waals surface area contributed by atoms with E-state index in [1.807, 2.05) is 32.0 Å². The van der Waals surface area contributed by atoms with Gasteiger partial charge in [0.25, 0.3) is 5.91 Å². The van der Waals surface area contributed by atoms with E-state index >= 15 is 0 Å². The third kappa shape index (κ3) is 4.64. The van der Waals surface area contributed by atoms with Crippen LogP contribution in [-0.2, 0) is 12.6 Å². The minimum atomic E-state index is -4.81. The van der Waals surface area contributed by atoms with Crippen molar-refractivity contribution in [1.82, 2.24) is 15.1 Å². The number of amides is 1. The lowest BCUT2D eigenvalue weighted by Gasteiger charge is -2.13. The van der Waals surface area contributed by atoms with E-state index in [0.29, 0.717) is 11.1 Å². The van der Waals surface area contributed by atoms with Crippen molar-refractivity contribution < 1.29 is 22.4 Å². The molecule has 0 atom stereocenters. The van der Waals surface area contributed by atoms with Gasteiger partial charge in [-0.3, -0.25) is 4.79 Å². The van der Waals surface area contributed by atoms with Crippen LogP contribution < -0.4 is 5.32 Å². The summed E-state index contributed by atoms with van der Waals surface area (Å²) in [7, 11) is 0. The van der Waals surface area contributed by atoms with E-state index in [1.165, 1.54) is 12.1 Å². The molecule has 0 aliphatic rings. The Hall–Kier alpha value is -3.16. The van der Waals surface area contributed by atoms with Crippen molar-refractivity contribution in [3.05, 3.63) is 82.4 Å². The third-order valence-corrected chi connectivity index (χ3v) is 4.62. The van der Waals surface area contributed by atoms with Crippen molar-refractivity contribution in [2.24, 2.45) is 0 Å². The molecule has 0 fully saturated rings. The number of carbonyl (C=O) groups is 1. The Morgan fingerprint density at radius 2 is 1.76 bits per heavy atom. The predicted molar refractivity (Wildman–Crippen MR) is 100 cm³/mol. The number of carbonyl (C=O) groups excluding carboxylic acids is 1. The van der Waals surface area contributed by atoms with Gasteiger partial charge in [0.2, 0.25) is 0 Å². The molecule has 0 aliphatic heterocycles. The van der Waals surface area contributed by atoms with Gasteiger partial charge in [-0.1, -0.05) is 18.2 Å². The Bertz CT molecular complexity index is 1020. The summed E-state index contributed by atoms with van der Waals surface area (Å²) in [6.45, 7) is 4.13. The number of halogens is 4. The van der Waals surface area contributed by atoms with Gasteiger partial charge in [-0.05, 0) is 61.2 Å². The van der Waals surface area contributed by atoms with Crippen LogP contribution in [0.25, 0.3) is 5.69 Å². The Morgan fingerprint density at radius 1 is 1.07 bits per heavy atom. The van der Waals surface area contributed by atoms with E-state index in [2.05, 4.69) is 10.4 Å². The number of hydrogen-bond donors (Lipinski definition) is 1. The molecule has 3 aromatic rings. The summed E-state index contributed by atoms with van der Waals surface area (Å²) in [5, 5.41) is 6.22. The zero-order valence-corrected chi connectivity index (χ0v) is 15.8. The molecule has 4 nitrogen and oxygen atoms in total. The van der Waals surface area contributed by atoms with Gasteiger partial charge in [-0.2, -0.15) is 18.3 Å². The van der Waals surface area contributed by atoms with Crippen molar-refractivity contribution >= 4 is 5.91 Å². The lowest BCUT2D eigenvalue weighted by atomic mass is 10.0. The first-order chi connectivity index (χ1) is 13.7. The number of alkyl halides is 3. The second-order valence-electron chi connectivity index (χ2n) is 6.72. The molecule has 0 saturated heterocycles. The first kappa shape index (κ1) is 20.6. The summed E-state index contributed by atoms with van der Waals surface area (Å²) in [4.78, 5) is 12.4. The zero-order valence-electron chi connectivity index (χ0n) is 15.8.